The predicted molar refractivity (Wildman–Crippen MR) is 280 cm³/mol. The van der Waals surface area contributed by atoms with Gasteiger partial charge < -0.3 is 9.32 Å². The molecule has 0 amide bonds. The lowest BCUT2D eigenvalue weighted by atomic mass is 9.84. The van der Waals surface area contributed by atoms with Gasteiger partial charge in [0.25, 0.3) is 0 Å². The van der Waals surface area contributed by atoms with Crippen LogP contribution in [-0.2, 0) is 0 Å². The Kier molecular flexibility index (Phi) is 8.89. The first kappa shape index (κ1) is 37.8. The van der Waals surface area contributed by atoms with Crippen LogP contribution in [0, 0.1) is 0 Å². The molecule has 13 aromatic rings. The molecule has 0 bridgehead atoms. The van der Waals surface area contributed by atoms with Gasteiger partial charge in [-0.2, -0.15) is 0 Å². The van der Waals surface area contributed by atoms with Gasteiger partial charge in [-0.25, -0.2) is 0 Å². The van der Waals surface area contributed by atoms with E-state index in [1.807, 2.05) is 0 Å². The van der Waals surface area contributed by atoms with Crippen molar-refractivity contribution >= 4 is 82.1 Å². The third kappa shape index (κ3) is 6.18. The summed E-state index contributed by atoms with van der Waals surface area (Å²) in [5.41, 5.74) is 14.5. The lowest BCUT2D eigenvalue weighted by molar-refractivity contribution is 0.672. The number of benzene rings is 12. The normalized spacial score (nSPS) is 11.6. The summed E-state index contributed by atoms with van der Waals surface area (Å²) >= 11 is 0. The zero-order valence-corrected chi connectivity index (χ0v) is 36.0. The van der Waals surface area contributed by atoms with Crippen molar-refractivity contribution < 1.29 is 4.42 Å². The van der Waals surface area contributed by atoms with E-state index in [4.69, 9.17) is 4.42 Å². The van der Waals surface area contributed by atoms with E-state index in [2.05, 4.69) is 254 Å². The fraction of sp³-hybridized carbons (Fsp3) is 0. The van der Waals surface area contributed by atoms with Crippen molar-refractivity contribution in [2.45, 2.75) is 0 Å². The van der Waals surface area contributed by atoms with Gasteiger partial charge in [0, 0.05) is 22.1 Å². The fourth-order valence-electron chi connectivity index (χ4n) is 10.4. The highest BCUT2D eigenvalue weighted by Gasteiger charge is 2.23. The average Bonchev–Trinajstić information content (AvgIpc) is 3.79. The Morgan fingerprint density at radius 2 is 0.803 bits per heavy atom. The Bertz CT molecular complexity index is 3990. The minimum Gasteiger partial charge on any atom is -0.455 e. The molecule has 308 valence electrons. The van der Waals surface area contributed by atoms with Gasteiger partial charge >= 0.3 is 0 Å². The van der Waals surface area contributed by atoms with Gasteiger partial charge in [0.1, 0.15) is 11.2 Å². The Hall–Kier alpha value is -8.72. The van der Waals surface area contributed by atoms with Crippen molar-refractivity contribution in [1.29, 1.82) is 0 Å². The van der Waals surface area contributed by atoms with E-state index in [1.54, 1.807) is 0 Å². The molecule has 0 saturated carbocycles. The van der Waals surface area contributed by atoms with Gasteiger partial charge in [-0.15, -0.1) is 0 Å². The summed E-state index contributed by atoms with van der Waals surface area (Å²) in [4.78, 5) is 2.42. The molecule has 0 aliphatic rings. The van der Waals surface area contributed by atoms with Gasteiger partial charge in [-0.1, -0.05) is 200 Å². The quantitative estimate of drug-likeness (QED) is 0.149. The minimum atomic E-state index is 0.856. The molecule has 0 atom stereocenters. The molecule has 1 aromatic heterocycles. The van der Waals surface area contributed by atoms with Crippen LogP contribution in [0.3, 0.4) is 0 Å². The lowest BCUT2D eigenvalue weighted by Gasteiger charge is -2.27. The van der Waals surface area contributed by atoms with E-state index in [9.17, 15) is 0 Å². The molecule has 0 saturated heterocycles. The number of hydrogen-bond donors (Lipinski definition) is 0. The van der Waals surface area contributed by atoms with Crippen LogP contribution in [0.2, 0.25) is 0 Å². The number of rotatable bonds is 7. The highest BCUT2D eigenvalue weighted by Crippen LogP contribution is 2.48. The molecule has 1 heterocycles. The molecule has 13 rings (SSSR count). The summed E-state index contributed by atoms with van der Waals surface area (Å²) in [6.07, 6.45) is 0. The molecule has 12 aromatic carbocycles. The predicted octanol–water partition coefficient (Wildman–Crippen LogP) is 18.3. The fourth-order valence-corrected chi connectivity index (χ4v) is 10.4. The summed E-state index contributed by atoms with van der Waals surface area (Å²) in [5.74, 6) is 0. The van der Waals surface area contributed by atoms with Crippen molar-refractivity contribution in [2.75, 3.05) is 4.90 Å². The molecular weight excluding hydrogens is 799 g/mol. The van der Waals surface area contributed by atoms with E-state index in [-0.39, 0.29) is 0 Å². The molecular formula is C64H41NO. The largest absolute Gasteiger partial charge is 0.455 e. The maximum Gasteiger partial charge on any atom is 0.143 e. The van der Waals surface area contributed by atoms with Crippen LogP contribution < -0.4 is 4.90 Å². The van der Waals surface area contributed by atoms with Crippen LogP contribution in [0.4, 0.5) is 17.1 Å². The standard InChI is InChI=1S/C64H41NO/c1-3-19-44(20-4-1)61-56-31-12-11-30-54(56)55-37-36-47(41-58(55)62(61)45-21-5-2-6-22-45)46-24-13-26-49(39-46)65(50-27-14-25-48(40-50)52-32-15-23-42-17-7-9-28-51(42)52)59-33-16-34-60-63(59)57-38-35-43-18-8-10-29-53(43)64(57)66-60/h1-41H. The summed E-state index contributed by atoms with van der Waals surface area (Å²) < 4.78 is 6.80. The van der Waals surface area contributed by atoms with E-state index < -0.39 is 0 Å². The molecule has 0 fully saturated rings. The third-order valence-electron chi connectivity index (χ3n) is 13.4. The van der Waals surface area contributed by atoms with Crippen LogP contribution >= 0.6 is 0 Å². The van der Waals surface area contributed by atoms with Crippen molar-refractivity contribution in [3.05, 3.63) is 249 Å². The Morgan fingerprint density at radius 1 is 0.288 bits per heavy atom. The third-order valence-corrected chi connectivity index (χ3v) is 13.4. The summed E-state index contributed by atoms with van der Waals surface area (Å²) in [5, 5.41) is 11.9. The number of nitrogens with zero attached hydrogens (tertiary/aromatic N) is 1. The lowest BCUT2D eigenvalue weighted by Crippen LogP contribution is -2.10. The molecule has 2 heteroatoms. The first-order chi connectivity index (χ1) is 32.7. The average molecular weight is 840 g/mol. The molecule has 0 N–H and O–H groups in total. The SMILES string of the molecule is c1ccc(-c2c(-c3ccccc3)c3cc(-c4cccc(N(c5cccc(-c6cccc7ccccc67)c5)c5cccc6oc7c8ccccc8ccc7c56)c4)ccc3c3ccccc23)cc1. The molecule has 0 aliphatic heterocycles. The maximum atomic E-state index is 6.80. The summed E-state index contributed by atoms with van der Waals surface area (Å²) in [7, 11) is 0. The van der Waals surface area contributed by atoms with Gasteiger partial charge in [0.15, 0.2) is 0 Å². The van der Waals surface area contributed by atoms with Crippen LogP contribution in [-0.4, -0.2) is 0 Å². The highest BCUT2D eigenvalue weighted by molar-refractivity contribution is 6.23. The number of furan rings is 1. The smallest absolute Gasteiger partial charge is 0.143 e. The van der Waals surface area contributed by atoms with E-state index in [0.717, 1.165) is 66.5 Å². The van der Waals surface area contributed by atoms with Crippen LogP contribution in [0.5, 0.6) is 0 Å². The van der Waals surface area contributed by atoms with E-state index >= 15 is 0 Å². The highest BCUT2D eigenvalue weighted by atomic mass is 16.3. The second-order valence-corrected chi connectivity index (χ2v) is 17.2. The molecule has 66 heavy (non-hydrogen) atoms. The van der Waals surface area contributed by atoms with Crippen molar-refractivity contribution in [3.63, 3.8) is 0 Å². The topological polar surface area (TPSA) is 16.4 Å². The zero-order chi connectivity index (χ0) is 43.6. The van der Waals surface area contributed by atoms with Crippen molar-refractivity contribution in [2.24, 2.45) is 0 Å². The van der Waals surface area contributed by atoms with Gasteiger partial charge in [-0.05, 0) is 131 Å². The van der Waals surface area contributed by atoms with E-state index in [1.165, 1.54) is 60.1 Å². The van der Waals surface area contributed by atoms with Gasteiger partial charge in [0.05, 0.1) is 11.1 Å². The van der Waals surface area contributed by atoms with Crippen molar-refractivity contribution in [3.8, 4) is 44.5 Å². The summed E-state index contributed by atoms with van der Waals surface area (Å²) in [6, 6.07) is 90.3. The molecule has 2 nitrogen and oxygen atoms in total. The molecule has 0 aliphatic carbocycles. The summed E-state index contributed by atoms with van der Waals surface area (Å²) in [6.45, 7) is 0. The maximum absolute atomic E-state index is 6.80. The van der Waals surface area contributed by atoms with Crippen molar-refractivity contribution in [1.82, 2.24) is 0 Å². The number of hydrogen-bond acceptors (Lipinski definition) is 2. The first-order valence-corrected chi connectivity index (χ1v) is 22.7. The number of fused-ring (bicyclic) bond motifs is 9. The monoisotopic (exact) mass is 839 g/mol. The Morgan fingerprint density at radius 3 is 1.56 bits per heavy atom. The molecule has 0 radical (unpaired) electrons. The van der Waals surface area contributed by atoms with Gasteiger partial charge in [0.2, 0.25) is 0 Å². The van der Waals surface area contributed by atoms with Gasteiger partial charge in [-0.3, -0.25) is 0 Å². The number of anilines is 3. The second kappa shape index (κ2) is 15.5. The Balaban J connectivity index is 1.05. The zero-order valence-electron chi connectivity index (χ0n) is 36.0. The molecule has 0 unspecified atom stereocenters. The Labute approximate surface area is 382 Å². The van der Waals surface area contributed by atoms with Crippen LogP contribution in [0.25, 0.3) is 110 Å². The van der Waals surface area contributed by atoms with E-state index in [0.29, 0.717) is 0 Å². The minimum absolute atomic E-state index is 0.856. The molecule has 0 spiro atoms. The first-order valence-electron chi connectivity index (χ1n) is 22.7. The van der Waals surface area contributed by atoms with Crippen LogP contribution in [0.15, 0.2) is 253 Å². The second-order valence-electron chi connectivity index (χ2n) is 17.2. The van der Waals surface area contributed by atoms with Crippen LogP contribution in [0.1, 0.15) is 0 Å².